The number of hydrogen-bond acceptors (Lipinski definition) is 1. The Morgan fingerprint density at radius 3 is 2.14 bits per heavy atom. The van der Waals surface area contributed by atoms with Crippen molar-refractivity contribution < 1.29 is 0 Å². The van der Waals surface area contributed by atoms with Gasteiger partial charge in [0.1, 0.15) is 0 Å². The molecule has 0 heterocycles. The Hall–Kier alpha value is -0.720. The molecule has 1 atom stereocenters. The molecule has 1 rings (SSSR count). The molecule has 1 heteroatoms. The van der Waals surface area contributed by atoms with E-state index in [9.17, 15) is 0 Å². The van der Waals surface area contributed by atoms with Crippen molar-refractivity contribution in [3.05, 3.63) is 24.4 Å². The number of rotatable bonds is 4. The summed E-state index contributed by atoms with van der Waals surface area (Å²) in [6.45, 7) is 12.1. The molecule has 0 bridgehead atoms. The molecule has 0 radical (unpaired) electrons. The lowest BCUT2D eigenvalue weighted by Crippen LogP contribution is -2.36. The highest BCUT2D eigenvalue weighted by Crippen LogP contribution is 2.29. The van der Waals surface area contributed by atoms with Crippen LogP contribution in [0.25, 0.3) is 0 Å². The second-order valence-electron chi connectivity index (χ2n) is 4.65. The third-order valence-corrected chi connectivity index (χ3v) is 3.05. The molecule has 1 saturated carbocycles. The molecule has 0 aromatic heterocycles. The van der Waals surface area contributed by atoms with Crippen LogP contribution in [-0.2, 0) is 0 Å². The van der Waals surface area contributed by atoms with Gasteiger partial charge in [-0.2, -0.15) is 0 Å². The highest BCUT2D eigenvalue weighted by Gasteiger charge is 2.23. The van der Waals surface area contributed by atoms with Crippen molar-refractivity contribution in [2.75, 3.05) is 0 Å². The maximum Gasteiger partial charge on any atom is 0.0493 e. The number of hydrogen-bond donors (Lipinski definition) is 1. The van der Waals surface area contributed by atoms with E-state index < -0.39 is 0 Å². The number of nitrogens with one attached hydrogen (secondary N) is 1. The Labute approximate surface area is 88.3 Å². The van der Waals surface area contributed by atoms with E-state index in [0.717, 1.165) is 11.6 Å². The zero-order valence-corrected chi connectivity index (χ0v) is 9.60. The van der Waals surface area contributed by atoms with Crippen molar-refractivity contribution in [1.29, 1.82) is 0 Å². The molecule has 80 valence electrons. The number of allylic oxidation sites excluding steroid dienone is 1. The van der Waals surface area contributed by atoms with Gasteiger partial charge in [-0.25, -0.2) is 0 Å². The lowest BCUT2D eigenvalue weighted by molar-refractivity contribution is 0.303. The average molecular weight is 193 g/mol. The predicted molar refractivity (Wildman–Crippen MR) is 63.1 cm³/mol. The largest absolute Gasteiger partial charge is 0.382 e. The fraction of sp³-hybridized carbons (Fsp3) is 0.692. The minimum absolute atomic E-state index is 0.452. The van der Waals surface area contributed by atoms with Crippen LogP contribution in [0.15, 0.2) is 24.4 Å². The van der Waals surface area contributed by atoms with Crippen LogP contribution in [-0.4, -0.2) is 6.04 Å². The van der Waals surface area contributed by atoms with E-state index in [1.54, 1.807) is 0 Å². The second-order valence-corrected chi connectivity index (χ2v) is 4.65. The first-order valence-electron chi connectivity index (χ1n) is 5.68. The Morgan fingerprint density at radius 1 is 1.14 bits per heavy atom. The van der Waals surface area contributed by atoms with Crippen molar-refractivity contribution in [2.24, 2.45) is 5.92 Å². The maximum atomic E-state index is 4.08. The van der Waals surface area contributed by atoms with Gasteiger partial charge in [0.05, 0.1) is 0 Å². The normalized spacial score (nSPS) is 20.1. The molecule has 14 heavy (non-hydrogen) atoms. The fourth-order valence-electron chi connectivity index (χ4n) is 2.38. The lowest BCUT2D eigenvalue weighted by atomic mass is 9.81. The minimum atomic E-state index is 0.452. The quantitative estimate of drug-likeness (QED) is 0.672. The molecule has 0 saturated heterocycles. The predicted octanol–water partition coefficient (Wildman–Crippen LogP) is 3.63. The Balaban J connectivity index is 2.56. The molecular weight excluding hydrogens is 170 g/mol. The van der Waals surface area contributed by atoms with Crippen molar-refractivity contribution in [1.82, 2.24) is 5.32 Å². The smallest absolute Gasteiger partial charge is 0.0493 e. The fourth-order valence-corrected chi connectivity index (χ4v) is 2.38. The summed E-state index contributed by atoms with van der Waals surface area (Å²) in [6.07, 6.45) is 6.86. The zero-order valence-electron chi connectivity index (χ0n) is 9.60. The molecule has 0 amide bonds. The van der Waals surface area contributed by atoms with Crippen LogP contribution in [0, 0.1) is 5.92 Å². The Bertz CT molecular complexity index is 211. The monoisotopic (exact) mass is 193 g/mol. The van der Waals surface area contributed by atoms with Gasteiger partial charge in [0.15, 0.2) is 0 Å². The molecule has 1 unspecified atom stereocenters. The highest BCUT2D eigenvalue weighted by molar-refractivity contribution is 5.08. The van der Waals surface area contributed by atoms with Gasteiger partial charge in [-0.3, -0.25) is 0 Å². The van der Waals surface area contributed by atoms with Crippen LogP contribution in [0.1, 0.15) is 46.0 Å². The van der Waals surface area contributed by atoms with Gasteiger partial charge in [-0.1, -0.05) is 38.0 Å². The van der Waals surface area contributed by atoms with Crippen LogP contribution in [0.4, 0.5) is 0 Å². The first kappa shape index (κ1) is 11.4. The van der Waals surface area contributed by atoms with Gasteiger partial charge in [0.2, 0.25) is 0 Å². The second kappa shape index (κ2) is 5.23. The van der Waals surface area contributed by atoms with E-state index in [1.807, 2.05) is 6.92 Å². The van der Waals surface area contributed by atoms with Gasteiger partial charge < -0.3 is 5.32 Å². The minimum Gasteiger partial charge on any atom is -0.382 e. The van der Waals surface area contributed by atoms with Crippen molar-refractivity contribution in [3.63, 3.8) is 0 Å². The highest BCUT2D eigenvalue weighted by atomic mass is 14.9. The zero-order chi connectivity index (χ0) is 10.6. The summed E-state index contributed by atoms with van der Waals surface area (Å²) in [5, 5.41) is 3.46. The average Bonchev–Trinajstić information content (AvgIpc) is 2.15. The van der Waals surface area contributed by atoms with E-state index in [1.165, 1.54) is 37.7 Å². The Morgan fingerprint density at radius 2 is 1.71 bits per heavy atom. The van der Waals surface area contributed by atoms with Crippen LogP contribution in [0.3, 0.4) is 0 Å². The standard InChI is InChI=1S/C13H23N/c1-10(2)13(14-11(3)4)12-8-6-5-7-9-12/h12-14H,1,3,5-9H2,2,4H3. The van der Waals surface area contributed by atoms with Crippen LogP contribution in [0.2, 0.25) is 0 Å². The molecule has 0 aromatic rings. The first-order chi connectivity index (χ1) is 6.61. The third kappa shape index (κ3) is 3.21. The molecule has 0 spiro atoms. The first-order valence-corrected chi connectivity index (χ1v) is 5.68. The van der Waals surface area contributed by atoms with E-state index in [-0.39, 0.29) is 0 Å². The van der Waals surface area contributed by atoms with Crippen molar-refractivity contribution in [2.45, 2.75) is 52.0 Å². The van der Waals surface area contributed by atoms with Crippen molar-refractivity contribution in [3.8, 4) is 0 Å². The van der Waals surface area contributed by atoms with Gasteiger partial charge >= 0.3 is 0 Å². The van der Waals surface area contributed by atoms with Crippen LogP contribution >= 0.6 is 0 Å². The summed E-state index contributed by atoms with van der Waals surface area (Å²) in [7, 11) is 0. The molecule has 1 fully saturated rings. The van der Waals surface area contributed by atoms with Gasteiger partial charge in [-0.05, 0) is 32.6 Å². The van der Waals surface area contributed by atoms with Gasteiger partial charge in [-0.15, -0.1) is 0 Å². The van der Waals surface area contributed by atoms with E-state index >= 15 is 0 Å². The molecule has 0 aliphatic heterocycles. The molecule has 1 nitrogen and oxygen atoms in total. The van der Waals surface area contributed by atoms with E-state index in [2.05, 4.69) is 25.4 Å². The molecule has 1 aliphatic rings. The molecule has 0 aromatic carbocycles. The summed E-state index contributed by atoms with van der Waals surface area (Å²) in [5.41, 5.74) is 2.31. The SMILES string of the molecule is C=C(C)NC(C(=C)C)C1CCCCC1. The summed E-state index contributed by atoms with van der Waals surface area (Å²) < 4.78 is 0. The molecule has 1 aliphatic carbocycles. The topological polar surface area (TPSA) is 12.0 Å². The van der Waals surface area contributed by atoms with Crippen LogP contribution < -0.4 is 5.32 Å². The van der Waals surface area contributed by atoms with Crippen LogP contribution in [0.5, 0.6) is 0 Å². The van der Waals surface area contributed by atoms with Crippen molar-refractivity contribution >= 4 is 0 Å². The Kier molecular flexibility index (Phi) is 4.24. The summed E-state index contributed by atoms with van der Waals surface area (Å²) >= 11 is 0. The van der Waals surface area contributed by atoms with Gasteiger partial charge in [0, 0.05) is 11.7 Å². The summed E-state index contributed by atoms with van der Waals surface area (Å²) in [6, 6.07) is 0.452. The third-order valence-electron chi connectivity index (χ3n) is 3.05. The van der Waals surface area contributed by atoms with Gasteiger partial charge in [0.25, 0.3) is 0 Å². The molecule has 1 N–H and O–H groups in total. The summed E-state index contributed by atoms with van der Waals surface area (Å²) in [5.74, 6) is 0.776. The van der Waals surface area contributed by atoms with E-state index in [4.69, 9.17) is 0 Å². The maximum absolute atomic E-state index is 4.08. The summed E-state index contributed by atoms with van der Waals surface area (Å²) in [4.78, 5) is 0. The van der Waals surface area contributed by atoms with E-state index in [0.29, 0.717) is 6.04 Å². The lowest BCUT2D eigenvalue weighted by Gasteiger charge is -2.32. The molecular formula is C13H23N.